The van der Waals surface area contributed by atoms with Crippen molar-refractivity contribution in [3.63, 3.8) is 0 Å². The molecule has 1 aromatic rings. The van der Waals surface area contributed by atoms with Gasteiger partial charge in [0, 0.05) is 20.2 Å². The Hall–Kier alpha value is -1.38. The fourth-order valence-electron chi connectivity index (χ4n) is 1.80. The summed E-state index contributed by atoms with van der Waals surface area (Å²) in [5, 5.41) is 2.61. The maximum Gasteiger partial charge on any atom is 0.276 e. The molecule has 1 amide bonds. The molecule has 0 saturated carbocycles. The number of methoxy groups -OCH3 is 1. The van der Waals surface area contributed by atoms with Gasteiger partial charge in [0.1, 0.15) is 12.4 Å². The molecule has 2 rings (SSSR count). The van der Waals surface area contributed by atoms with Crippen LogP contribution in [0.2, 0.25) is 0 Å². The van der Waals surface area contributed by atoms with Crippen molar-refractivity contribution in [2.24, 2.45) is 0 Å². The predicted octanol–water partition coefficient (Wildman–Crippen LogP) is -0.276. The second-order valence-electron chi connectivity index (χ2n) is 4.38. The highest BCUT2D eigenvalue weighted by Gasteiger charge is 2.38. The van der Waals surface area contributed by atoms with Gasteiger partial charge >= 0.3 is 0 Å². The molecule has 19 heavy (non-hydrogen) atoms. The largest absolute Gasteiger partial charge is 0.449 e. The highest BCUT2D eigenvalue weighted by molar-refractivity contribution is 7.89. The van der Waals surface area contributed by atoms with Crippen molar-refractivity contribution in [3.05, 3.63) is 17.9 Å². The number of amides is 1. The van der Waals surface area contributed by atoms with E-state index in [1.165, 1.54) is 17.5 Å². The molecule has 1 fully saturated rings. The molecule has 7 nitrogen and oxygen atoms in total. The third kappa shape index (κ3) is 2.96. The van der Waals surface area contributed by atoms with Gasteiger partial charge in [0.15, 0.2) is 0 Å². The van der Waals surface area contributed by atoms with E-state index in [0.29, 0.717) is 5.76 Å². The van der Waals surface area contributed by atoms with Crippen LogP contribution in [0, 0.1) is 6.92 Å². The summed E-state index contributed by atoms with van der Waals surface area (Å²) in [5.41, 5.74) is 0. The molecule has 2 heterocycles. The van der Waals surface area contributed by atoms with E-state index in [4.69, 9.17) is 4.42 Å². The maximum atomic E-state index is 12.1. The van der Waals surface area contributed by atoms with Gasteiger partial charge in [-0.05, 0) is 19.1 Å². The lowest BCUT2D eigenvalue weighted by Crippen LogP contribution is -2.61. The first-order valence-corrected chi connectivity index (χ1v) is 7.22. The Labute approximate surface area is 111 Å². The minimum atomic E-state index is -3.58. The molecule has 1 saturated heterocycles. The summed E-state index contributed by atoms with van der Waals surface area (Å²) in [6, 6.07) is 2.86. The fraction of sp³-hybridized carbons (Fsp3) is 0.545. The van der Waals surface area contributed by atoms with Gasteiger partial charge in [-0.1, -0.05) is 0 Å². The molecular weight excluding hydrogens is 272 g/mol. The lowest BCUT2D eigenvalue weighted by Gasteiger charge is -2.37. The predicted molar refractivity (Wildman–Crippen MR) is 66.0 cm³/mol. The molecule has 1 N–H and O–H groups in total. The third-order valence-electron chi connectivity index (χ3n) is 2.80. The topological polar surface area (TPSA) is 88.9 Å². The van der Waals surface area contributed by atoms with Crippen molar-refractivity contribution in [2.45, 2.75) is 18.1 Å². The van der Waals surface area contributed by atoms with Crippen molar-refractivity contribution < 1.29 is 22.4 Å². The van der Waals surface area contributed by atoms with Crippen LogP contribution >= 0.6 is 0 Å². The molecule has 1 aliphatic rings. The van der Waals surface area contributed by atoms with Gasteiger partial charge in [-0.25, -0.2) is 8.42 Å². The number of ether oxygens (including phenoxy) is 1. The molecule has 0 aliphatic carbocycles. The van der Waals surface area contributed by atoms with Crippen LogP contribution in [-0.4, -0.2) is 51.5 Å². The van der Waals surface area contributed by atoms with E-state index in [0.717, 1.165) is 0 Å². The van der Waals surface area contributed by atoms with Crippen molar-refractivity contribution in [1.82, 2.24) is 9.62 Å². The smallest absolute Gasteiger partial charge is 0.276 e. The average molecular weight is 288 g/mol. The summed E-state index contributed by atoms with van der Waals surface area (Å²) in [5.74, 6) is 0.294. The SMILES string of the molecule is COCC(=O)NC1CN(S(=O)(=O)c2ccc(C)o2)C1. The first-order valence-electron chi connectivity index (χ1n) is 5.78. The molecule has 0 aromatic carbocycles. The highest BCUT2D eigenvalue weighted by atomic mass is 32.2. The van der Waals surface area contributed by atoms with E-state index in [1.54, 1.807) is 13.0 Å². The lowest BCUT2D eigenvalue weighted by atomic mass is 10.2. The molecule has 0 atom stereocenters. The maximum absolute atomic E-state index is 12.1. The number of sulfonamides is 1. The molecule has 0 unspecified atom stereocenters. The van der Waals surface area contributed by atoms with Gasteiger partial charge in [-0.15, -0.1) is 0 Å². The van der Waals surface area contributed by atoms with Gasteiger partial charge in [0.25, 0.3) is 10.0 Å². The number of nitrogens with zero attached hydrogens (tertiary/aromatic N) is 1. The van der Waals surface area contributed by atoms with Crippen molar-refractivity contribution >= 4 is 15.9 Å². The van der Waals surface area contributed by atoms with Gasteiger partial charge < -0.3 is 14.5 Å². The van der Waals surface area contributed by atoms with Gasteiger partial charge in [-0.2, -0.15) is 4.31 Å². The van der Waals surface area contributed by atoms with E-state index in [2.05, 4.69) is 10.1 Å². The van der Waals surface area contributed by atoms with Crippen LogP contribution in [0.5, 0.6) is 0 Å². The quantitative estimate of drug-likeness (QED) is 0.805. The van der Waals surface area contributed by atoms with Crippen LogP contribution in [0.15, 0.2) is 21.6 Å². The molecule has 0 radical (unpaired) electrons. The molecule has 106 valence electrons. The summed E-state index contributed by atoms with van der Waals surface area (Å²) in [6.07, 6.45) is 0. The average Bonchev–Trinajstić information content (AvgIpc) is 2.70. The van der Waals surface area contributed by atoms with Gasteiger partial charge in [-0.3, -0.25) is 4.79 Å². The molecule has 1 aromatic heterocycles. The summed E-state index contributed by atoms with van der Waals surface area (Å²) < 4.78 is 35.2. The summed E-state index contributed by atoms with van der Waals surface area (Å²) in [7, 11) is -2.15. The summed E-state index contributed by atoms with van der Waals surface area (Å²) >= 11 is 0. The number of carbonyl (C=O) groups is 1. The minimum absolute atomic E-state index is 0.0272. The Balaban J connectivity index is 1.91. The Morgan fingerprint density at radius 3 is 2.74 bits per heavy atom. The zero-order valence-electron chi connectivity index (χ0n) is 10.8. The Kier molecular flexibility index (Phi) is 3.93. The van der Waals surface area contributed by atoms with E-state index < -0.39 is 10.0 Å². The van der Waals surface area contributed by atoms with Crippen molar-refractivity contribution in [2.75, 3.05) is 26.8 Å². The standard InChI is InChI=1S/C11H16N2O5S/c1-8-3-4-11(18-8)19(15,16)13-5-9(6-13)12-10(14)7-17-2/h3-4,9H,5-7H2,1-2H3,(H,12,14). The number of hydrogen-bond acceptors (Lipinski definition) is 5. The second-order valence-corrected chi connectivity index (χ2v) is 6.25. The Bertz CT molecular complexity index is 559. The van der Waals surface area contributed by atoms with Crippen LogP contribution < -0.4 is 5.32 Å². The summed E-state index contributed by atoms with van der Waals surface area (Å²) in [6.45, 7) is 2.15. The van der Waals surface area contributed by atoms with E-state index in [9.17, 15) is 13.2 Å². The summed E-state index contributed by atoms with van der Waals surface area (Å²) in [4.78, 5) is 11.3. The van der Waals surface area contributed by atoms with Crippen molar-refractivity contribution in [3.8, 4) is 0 Å². The number of furan rings is 1. The van der Waals surface area contributed by atoms with E-state index >= 15 is 0 Å². The molecule has 0 bridgehead atoms. The Morgan fingerprint density at radius 2 is 2.21 bits per heavy atom. The molecular formula is C11H16N2O5S. The minimum Gasteiger partial charge on any atom is -0.449 e. The monoisotopic (exact) mass is 288 g/mol. The zero-order chi connectivity index (χ0) is 14.0. The molecule has 8 heteroatoms. The van der Waals surface area contributed by atoms with Crippen LogP contribution in [-0.2, 0) is 19.6 Å². The van der Waals surface area contributed by atoms with Crippen LogP contribution in [0.3, 0.4) is 0 Å². The second kappa shape index (κ2) is 5.32. The van der Waals surface area contributed by atoms with Crippen LogP contribution in [0.4, 0.5) is 0 Å². The number of carbonyl (C=O) groups excluding carboxylic acids is 1. The zero-order valence-corrected chi connectivity index (χ0v) is 11.6. The normalized spacial score (nSPS) is 17.2. The molecule has 1 aliphatic heterocycles. The van der Waals surface area contributed by atoms with Gasteiger partial charge in [0.2, 0.25) is 11.0 Å². The number of nitrogens with one attached hydrogen (secondary N) is 1. The van der Waals surface area contributed by atoms with Gasteiger partial charge in [0.05, 0.1) is 6.04 Å². The fourth-order valence-corrected chi connectivity index (χ4v) is 3.29. The third-order valence-corrected chi connectivity index (χ3v) is 4.50. The number of aryl methyl sites for hydroxylation is 1. The van der Waals surface area contributed by atoms with Crippen molar-refractivity contribution in [1.29, 1.82) is 0 Å². The first-order chi connectivity index (χ1) is 8.93. The Morgan fingerprint density at radius 1 is 1.53 bits per heavy atom. The number of hydrogen-bond donors (Lipinski definition) is 1. The highest BCUT2D eigenvalue weighted by Crippen LogP contribution is 2.23. The van der Waals surface area contributed by atoms with Crippen LogP contribution in [0.1, 0.15) is 5.76 Å². The number of rotatable bonds is 5. The first kappa shape index (κ1) is 14.0. The van der Waals surface area contributed by atoms with E-state index in [-0.39, 0.29) is 36.7 Å². The molecule has 0 spiro atoms. The lowest BCUT2D eigenvalue weighted by molar-refractivity contribution is -0.126. The van der Waals surface area contributed by atoms with Crippen LogP contribution in [0.25, 0.3) is 0 Å². The van der Waals surface area contributed by atoms with E-state index in [1.807, 2.05) is 0 Å².